The van der Waals surface area contributed by atoms with E-state index in [1.165, 1.54) is 16.7 Å². The Labute approximate surface area is 127 Å². The number of rotatable bonds is 7. The van der Waals surface area contributed by atoms with Gasteiger partial charge in [-0.05, 0) is 43.5 Å². The first-order valence-electron chi connectivity index (χ1n) is 7.72. The zero-order valence-corrected chi connectivity index (χ0v) is 13.0. The lowest BCUT2D eigenvalue weighted by Gasteiger charge is -2.18. The maximum atomic E-state index is 6.00. The van der Waals surface area contributed by atoms with Gasteiger partial charge in [-0.3, -0.25) is 0 Å². The molecule has 1 atom stereocenters. The number of benzene rings is 2. The third-order valence-electron chi connectivity index (χ3n) is 3.73. The molecule has 0 saturated carbocycles. The summed E-state index contributed by atoms with van der Waals surface area (Å²) in [5, 5.41) is 0. The van der Waals surface area contributed by atoms with E-state index in [9.17, 15) is 0 Å². The summed E-state index contributed by atoms with van der Waals surface area (Å²) in [6.45, 7) is 5.63. The molecular weight excluding hydrogens is 258 g/mol. The van der Waals surface area contributed by atoms with Crippen LogP contribution in [0.3, 0.4) is 0 Å². The van der Waals surface area contributed by atoms with Crippen molar-refractivity contribution in [2.75, 3.05) is 13.2 Å². The van der Waals surface area contributed by atoms with E-state index in [-0.39, 0.29) is 0 Å². The largest absolute Gasteiger partial charge is 0.493 e. The molecule has 0 bridgehead atoms. The second-order valence-electron chi connectivity index (χ2n) is 5.50. The Kier molecular flexibility index (Phi) is 5.82. The van der Waals surface area contributed by atoms with E-state index in [2.05, 4.69) is 50.2 Å². The van der Waals surface area contributed by atoms with Crippen LogP contribution >= 0.6 is 0 Å². The van der Waals surface area contributed by atoms with E-state index < -0.39 is 0 Å². The standard InChI is InChI=1S/C19H25NO/c1-3-12-21-19-7-5-4-6-17(19)13-18(14-20)16-10-8-15(2)9-11-16/h4-11,18H,3,12-14,20H2,1-2H3. The minimum Gasteiger partial charge on any atom is -0.493 e. The molecule has 1 unspecified atom stereocenters. The number of nitrogens with two attached hydrogens (primary N) is 1. The van der Waals surface area contributed by atoms with Crippen LogP contribution in [-0.4, -0.2) is 13.2 Å². The highest BCUT2D eigenvalue weighted by molar-refractivity contribution is 5.36. The fourth-order valence-corrected chi connectivity index (χ4v) is 2.47. The van der Waals surface area contributed by atoms with E-state index in [0.717, 1.165) is 25.2 Å². The quantitative estimate of drug-likeness (QED) is 0.831. The van der Waals surface area contributed by atoms with Crippen LogP contribution in [0.4, 0.5) is 0 Å². The van der Waals surface area contributed by atoms with Gasteiger partial charge < -0.3 is 10.5 Å². The third kappa shape index (κ3) is 4.33. The van der Waals surface area contributed by atoms with Gasteiger partial charge in [0.25, 0.3) is 0 Å². The molecule has 2 heteroatoms. The van der Waals surface area contributed by atoms with Gasteiger partial charge in [0.05, 0.1) is 6.61 Å². The highest BCUT2D eigenvalue weighted by atomic mass is 16.5. The Morgan fingerprint density at radius 1 is 1.05 bits per heavy atom. The molecule has 2 nitrogen and oxygen atoms in total. The van der Waals surface area contributed by atoms with E-state index in [0.29, 0.717) is 12.5 Å². The van der Waals surface area contributed by atoms with Crippen LogP contribution in [0.1, 0.15) is 36.0 Å². The summed E-state index contributed by atoms with van der Waals surface area (Å²) in [5.74, 6) is 1.32. The van der Waals surface area contributed by atoms with Crippen molar-refractivity contribution in [1.82, 2.24) is 0 Å². The second-order valence-corrected chi connectivity index (χ2v) is 5.50. The van der Waals surface area contributed by atoms with Gasteiger partial charge in [-0.2, -0.15) is 0 Å². The van der Waals surface area contributed by atoms with Crippen molar-refractivity contribution >= 4 is 0 Å². The van der Waals surface area contributed by atoms with Gasteiger partial charge in [0.2, 0.25) is 0 Å². The normalized spacial score (nSPS) is 12.1. The summed E-state index contributed by atoms with van der Waals surface area (Å²) in [6.07, 6.45) is 1.94. The van der Waals surface area contributed by atoms with Crippen LogP contribution in [0.25, 0.3) is 0 Å². The van der Waals surface area contributed by atoms with Gasteiger partial charge in [0.1, 0.15) is 5.75 Å². The van der Waals surface area contributed by atoms with E-state index in [1.54, 1.807) is 0 Å². The van der Waals surface area contributed by atoms with Gasteiger partial charge in [-0.15, -0.1) is 0 Å². The lowest BCUT2D eigenvalue weighted by molar-refractivity contribution is 0.313. The zero-order valence-electron chi connectivity index (χ0n) is 13.0. The first kappa shape index (κ1) is 15.6. The predicted octanol–water partition coefficient (Wildman–Crippen LogP) is 4.07. The highest BCUT2D eigenvalue weighted by Gasteiger charge is 2.13. The van der Waals surface area contributed by atoms with E-state index in [1.807, 2.05) is 12.1 Å². The topological polar surface area (TPSA) is 35.2 Å². The highest BCUT2D eigenvalue weighted by Crippen LogP contribution is 2.26. The summed E-state index contributed by atoms with van der Waals surface area (Å²) in [6, 6.07) is 16.9. The van der Waals surface area contributed by atoms with Crippen molar-refractivity contribution < 1.29 is 4.74 Å². The summed E-state index contributed by atoms with van der Waals surface area (Å²) >= 11 is 0. The van der Waals surface area contributed by atoms with Crippen LogP contribution in [-0.2, 0) is 6.42 Å². The van der Waals surface area contributed by atoms with Crippen molar-refractivity contribution in [3.05, 3.63) is 65.2 Å². The monoisotopic (exact) mass is 283 g/mol. The molecule has 0 aliphatic carbocycles. The lowest BCUT2D eigenvalue weighted by atomic mass is 9.91. The number of para-hydroxylation sites is 1. The Bertz CT molecular complexity index is 548. The van der Waals surface area contributed by atoms with Crippen molar-refractivity contribution in [1.29, 1.82) is 0 Å². The molecule has 0 radical (unpaired) electrons. The molecule has 2 aromatic rings. The third-order valence-corrected chi connectivity index (χ3v) is 3.73. The molecule has 0 amide bonds. The predicted molar refractivity (Wildman–Crippen MR) is 88.9 cm³/mol. The maximum absolute atomic E-state index is 6.00. The number of hydrogen-bond donors (Lipinski definition) is 1. The minimum absolute atomic E-state index is 0.331. The van der Waals surface area contributed by atoms with Gasteiger partial charge >= 0.3 is 0 Å². The van der Waals surface area contributed by atoms with Gasteiger partial charge in [-0.25, -0.2) is 0 Å². The molecular formula is C19H25NO. The molecule has 21 heavy (non-hydrogen) atoms. The fraction of sp³-hybridized carbons (Fsp3) is 0.368. The number of hydrogen-bond acceptors (Lipinski definition) is 2. The molecule has 2 aromatic carbocycles. The molecule has 0 spiro atoms. The number of aryl methyl sites for hydroxylation is 1. The smallest absolute Gasteiger partial charge is 0.122 e. The molecule has 0 saturated heterocycles. The van der Waals surface area contributed by atoms with Crippen molar-refractivity contribution in [2.45, 2.75) is 32.6 Å². The summed E-state index contributed by atoms with van der Waals surface area (Å²) < 4.78 is 5.85. The lowest BCUT2D eigenvalue weighted by Crippen LogP contribution is -2.15. The maximum Gasteiger partial charge on any atom is 0.122 e. The first-order chi connectivity index (χ1) is 10.2. The molecule has 0 aromatic heterocycles. The van der Waals surface area contributed by atoms with Gasteiger partial charge in [0.15, 0.2) is 0 Å². The van der Waals surface area contributed by atoms with Crippen molar-refractivity contribution in [3.8, 4) is 5.75 Å². The van der Waals surface area contributed by atoms with Gasteiger partial charge in [-0.1, -0.05) is 55.0 Å². The molecule has 2 rings (SSSR count). The van der Waals surface area contributed by atoms with Crippen molar-refractivity contribution in [3.63, 3.8) is 0 Å². The van der Waals surface area contributed by atoms with Crippen LogP contribution in [0.5, 0.6) is 5.75 Å². The number of ether oxygens (including phenoxy) is 1. The van der Waals surface area contributed by atoms with E-state index >= 15 is 0 Å². The molecule has 0 heterocycles. The van der Waals surface area contributed by atoms with Gasteiger partial charge in [0, 0.05) is 5.92 Å². The molecule has 0 aliphatic rings. The van der Waals surface area contributed by atoms with E-state index in [4.69, 9.17) is 10.5 Å². The molecule has 112 valence electrons. The average Bonchev–Trinajstić information content (AvgIpc) is 2.52. The van der Waals surface area contributed by atoms with Crippen LogP contribution in [0.2, 0.25) is 0 Å². The van der Waals surface area contributed by atoms with Crippen molar-refractivity contribution in [2.24, 2.45) is 5.73 Å². The average molecular weight is 283 g/mol. The Morgan fingerprint density at radius 3 is 2.43 bits per heavy atom. The summed E-state index contributed by atoms with van der Waals surface area (Å²) in [7, 11) is 0. The molecule has 0 fully saturated rings. The Balaban J connectivity index is 2.16. The van der Waals surface area contributed by atoms with Crippen LogP contribution in [0, 0.1) is 6.92 Å². The molecule has 0 aliphatic heterocycles. The first-order valence-corrected chi connectivity index (χ1v) is 7.72. The summed E-state index contributed by atoms with van der Waals surface area (Å²) in [4.78, 5) is 0. The zero-order chi connectivity index (χ0) is 15.1. The molecule has 2 N–H and O–H groups in total. The SMILES string of the molecule is CCCOc1ccccc1CC(CN)c1ccc(C)cc1. The summed E-state index contributed by atoms with van der Waals surface area (Å²) in [5.41, 5.74) is 9.82. The minimum atomic E-state index is 0.331. The van der Waals surface area contributed by atoms with Crippen LogP contribution in [0.15, 0.2) is 48.5 Å². The second kappa shape index (κ2) is 7.84. The van der Waals surface area contributed by atoms with Crippen LogP contribution < -0.4 is 10.5 Å². The Hall–Kier alpha value is -1.80. The fourth-order valence-electron chi connectivity index (χ4n) is 2.47. The Morgan fingerprint density at radius 2 is 1.76 bits per heavy atom.